The molecule has 0 aliphatic heterocycles. The zero-order valence-corrected chi connectivity index (χ0v) is 24.1. The number of hydrogen-bond donors (Lipinski definition) is 1. The van der Waals surface area contributed by atoms with Gasteiger partial charge in [-0.1, -0.05) is 66.7 Å². The van der Waals surface area contributed by atoms with Crippen molar-refractivity contribution in [2.75, 3.05) is 20.2 Å². The standard InChI is InChI=1S/C32H42N2O6/c1-6-20-34(21-19-24-13-9-7-10-14-24)28(35)18-17-27(31(38)39-5)33-30(37)26(22-25-15-11-8-12-16-25)23-29(36)40-32(2,3)4/h6-16,26-27H,1,17-23H2,2-5H3,(H,33,37)/t26-,27-/m0/s1. The predicted molar refractivity (Wildman–Crippen MR) is 154 cm³/mol. The Hall–Kier alpha value is -3.94. The number of nitrogens with one attached hydrogen (secondary N) is 1. The monoisotopic (exact) mass is 550 g/mol. The van der Waals surface area contributed by atoms with Crippen molar-refractivity contribution in [3.05, 3.63) is 84.4 Å². The van der Waals surface area contributed by atoms with Crippen molar-refractivity contribution in [1.82, 2.24) is 10.2 Å². The number of nitrogens with zero attached hydrogens (tertiary/aromatic N) is 1. The van der Waals surface area contributed by atoms with Gasteiger partial charge < -0.3 is 19.7 Å². The molecule has 2 atom stereocenters. The maximum Gasteiger partial charge on any atom is 0.328 e. The van der Waals surface area contributed by atoms with Crippen molar-refractivity contribution in [2.45, 2.75) is 64.5 Å². The second-order valence-corrected chi connectivity index (χ2v) is 10.7. The fraction of sp³-hybridized carbons (Fsp3) is 0.438. The van der Waals surface area contributed by atoms with Crippen LogP contribution in [0.25, 0.3) is 0 Å². The first-order valence-electron chi connectivity index (χ1n) is 13.6. The summed E-state index contributed by atoms with van der Waals surface area (Å²) in [4.78, 5) is 53.3. The number of amides is 2. The summed E-state index contributed by atoms with van der Waals surface area (Å²) in [7, 11) is 1.23. The molecule has 8 nitrogen and oxygen atoms in total. The molecular formula is C32H42N2O6. The highest BCUT2D eigenvalue weighted by Gasteiger charge is 2.30. The number of carbonyl (C=O) groups is 4. The molecule has 2 amide bonds. The normalized spacial score (nSPS) is 12.5. The lowest BCUT2D eigenvalue weighted by Crippen LogP contribution is -2.46. The molecule has 1 N–H and O–H groups in total. The Labute approximate surface area is 237 Å². The highest BCUT2D eigenvalue weighted by Crippen LogP contribution is 2.18. The van der Waals surface area contributed by atoms with E-state index in [-0.39, 0.29) is 31.6 Å². The molecule has 2 aromatic carbocycles. The molecule has 2 aromatic rings. The van der Waals surface area contributed by atoms with E-state index in [1.807, 2.05) is 60.7 Å². The Morgan fingerprint density at radius 2 is 1.57 bits per heavy atom. The molecular weight excluding hydrogens is 508 g/mol. The van der Waals surface area contributed by atoms with E-state index in [4.69, 9.17) is 9.47 Å². The van der Waals surface area contributed by atoms with Gasteiger partial charge in [-0.25, -0.2) is 4.79 Å². The summed E-state index contributed by atoms with van der Waals surface area (Å²) in [6, 6.07) is 18.1. The fourth-order valence-electron chi connectivity index (χ4n) is 4.23. The van der Waals surface area contributed by atoms with Gasteiger partial charge in [-0.3, -0.25) is 14.4 Å². The summed E-state index contributed by atoms with van der Waals surface area (Å²) in [5.41, 5.74) is 1.28. The quantitative estimate of drug-likeness (QED) is 0.263. The van der Waals surface area contributed by atoms with Crippen LogP contribution in [-0.4, -0.2) is 60.5 Å². The van der Waals surface area contributed by atoms with Crippen molar-refractivity contribution in [3.63, 3.8) is 0 Å². The molecule has 0 unspecified atom stereocenters. The van der Waals surface area contributed by atoms with Crippen LogP contribution in [0.2, 0.25) is 0 Å². The fourth-order valence-corrected chi connectivity index (χ4v) is 4.23. The Bertz CT molecular complexity index is 1110. The molecule has 0 heterocycles. The SMILES string of the molecule is C=CCN(CCc1ccccc1)C(=O)CC[C@H](NC(=O)[C@H](CC(=O)OC(C)(C)C)Cc1ccccc1)C(=O)OC. The Morgan fingerprint density at radius 3 is 2.12 bits per heavy atom. The van der Waals surface area contributed by atoms with Crippen LogP contribution in [0.15, 0.2) is 73.3 Å². The van der Waals surface area contributed by atoms with Crippen LogP contribution in [0.4, 0.5) is 0 Å². The number of rotatable bonds is 15. The van der Waals surface area contributed by atoms with Crippen LogP contribution in [0, 0.1) is 5.92 Å². The molecule has 0 saturated carbocycles. The van der Waals surface area contributed by atoms with Crippen LogP contribution in [-0.2, 0) is 41.5 Å². The summed E-state index contributed by atoms with van der Waals surface area (Å²) in [6.07, 6.45) is 2.55. The van der Waals surface area contributed by atoms with E-state index in [1.165, 1.54) is 7.11 Å². The first-order chi connectivity index (χ1) is 19.0. The predicted octanol–water partition coefficient (Wildman–Crippen LogP) is 4.27. The highest BCUT2D eigenvalue weighted by molar-refractivity contribution is 5.88. The second kappa shape index (κ2) is 16.2. The second-order valence-electron chi connectivity index (χ2n) is 10.7. The van der Waals surface area contributed by atoms with Gasteiger partial charge in [-0.05, 0) is 51.2 Å². The van der Waals surface area contributed by atoms with Crippen molar-refractivity contribution < 1.29 is 28.7 Å². The molecule has 0 spiro atoms. The summed E-state index contributed by atoms with van der Waals surface area (Å²) < 4.78 is 10.4. The third-order valence-corrected chi connectivity index (χ3v) is 6.19. The topological polar surface area (TPSA) is 102 Å². The van der Waals surface area contributed by atoms with Crippen molar-refractivity contribution >= 4 is 23.8 Å². The van der Waals surface area contributed by atoms with Gasteiger partial charge in [-0.15, -0.1) is 6.58 Å². The van der Waals surface area contributed by atoms with Gasteiger partial charge in [0.1, 0.15) is 11.6 Å². The maximum atomic E-state index is 13.4. The Kier molecular flexibility index (Phi) is 13.1. The van der Waals surface area contributed by atoms with Gasteiger partial charge in [0.05, 0.1) is 19.4 Å². The van der Waals surface area contributed by atoms with Gasteiger partial charge in [0.2, 0.25) is 11.8 Å². The molecule has 8 heteroatoms. The average Bonchev–Trinajstić information content (AvgIpc) is 2.92. The molecule has 2 rings (SSSR count). The Balaban J connectivity index is 2.09. The molecule has 40 heavy (non-hydrogen) atoms. The van der Waals surface area contributed by atoms with Crippen LogP contribution in [0.1, 0.15) is 51.2 Å². The van der Waals surface area contributed by atoms with Gasteiger partial charge >= 0.3 is 11.9 Å². The maximum absolute atomic E-state index is 13.4. The molecule has 0 bridgehead atoms. The largest absolute Gasteiger partial charge is 0.467 e. The minimum absolute atomic E-state index is 0.0259. The van der Waals surface area contributed by atoms with Crippen LogP contribution in [0.5, 0.6) is 0 Å². The van der Waals surface area contributed by atoms with Crippen LogP contribution >= 0.6 is 0 Å². The Morgan fingerprint density at radius 1 is 0.975 bits per heavy atom. The van der Waals surface area contributed by atoms with E-state index >= 15 is 0 Å². The average molecular weight is 551 g/mol. The van der Waals surface area contributed by atoms with Crippen LogP contribution in [0.3, 0.4) is 0 Å². The van der Waals surface area contributed by atoms with Crippen molar-refractivity contribution in [1.29, 1.82) is 0 Å². The third-order valence-electron chi connectivity index (χ3n) is 6.19. The molecule has 216 valence electrons. The number of carbonyl (C=O) groups excluding carboxylic acids is 4. The summed E-state index contributed by atoms with van der Waals surface area (Å²) >= 11 is 0. The van der Waals surface area contributed by atoms with Gasteiger partial charge in [0, 0.05) is 19.5 Å². The molecule has 0 aliphatic rings. The first-order valence-corrected chi connectivity index (χ1v) is 13.6. The lowest BCUT2D eigenvalue weighted by molar-refractivity contribution is -0.157. The molecule has 0 saturated heterocycles. The number of hydrogen-bond acceptors (Lipinski definition) is 6. The van der Waals surface area contributed by atoms with E-state index in [1.54, 1.807) is 31.7 Å². The van der Waals surface area contributed by atoms with Crippen molar-refractivity contribution in [3.8, 4) is 0 Å². The molecule has 0 aliphatic carbocycles. The molecule has 0 radical (unpaired) electrons. The number of methoxy groups -OCH3 is 1. The van der Waals surface area contributed by atoms with E-state index < -0.39 is 35.4 Å². The lowest BCUT2D eigenvalue weighted by Gasteiger charge is -2.25. The van der Waals surface area contributed by atoms with E-state index in [2.05, 4.69) is 11.9 Å². The first kappa shape index (κ1) is 32.3. The van der Waals surface area contributed by atoms with E-state index in [0.717, 1.165) is 11.1 Å². The van der Waals surface area contributed by atoms with E-state index in [9.17, 15) is 19.2 Å². The third kappa shape index (κ3) is 11.8. The zero-order chi connectivity index (χ0) is 29.5. The minimum Gasteiger partial charge on any atom is -0.467 e. The van der Waals surface area contributed by atoms with Gasteiger partial charge in [0.15, 0.2) is 0 Å². The van der Waals surface area contributed by atoms with Crippen LogP contribution < -0.4 is 5.32 Å². The lowest BCUT2D eigenvalue weighted by atomic mass is 9.94. The van der Waals surface area contributed by atoms with Gasteiger partial charge in [0.25, 0.3) is 0 Å². The number of ether oxygens (including phenoxy) is 2. The number of esters is 2. The highest BCUT2D eigenvalue weighted by atomic mass is 16.6. The minimum atomic E-state index is -1.04. The number of benzene rings is 2. The summed E-state index contributed by atoms with van der Waals surface area (Å²) in [5, 5.41) is 2.73. The zero-order valence-electron chi connectivity index (χ0n) is 24.1. The molecule has 0 fully saturated rings. The van der Waals surface area contributed by atoms with Gasteiger partial charge in [-0.2, -0.15) is 0 Å². The van der Waals surface area contributed by atoms with Crippen molar-refractivity contribution in [2.24, 2.45) is 5.92 Å². The molecule has 0 aromatic heterocycles. The summed E-state index contributed by atoms with van der Waals surface area (Å²) in [5.74, 6) is -2.58. The smallest absolute Gasteiger partial charge is 0.328 e. The van der Waals surface area contributed by atoms with E-state index in [0.29, 0.717) is 19.5 Å². The summed E-state index contributed by atoms with van der Waals surface area (Å²) in [6.45, 7) is 9.90.